The topological polar surface area (TPSA) is 56.1 Å². The second-order valence-electron chi connectivity index (χ2n) is 5.41. The molecular formula is C17H14ClF2N3O2. The highest BCUT2D eigenvalue weighted by atomic mass is 35.5. The van der Waals surface area contributed by atoms with Crippen molar-refractivity contribution in [3.05, 3.63) is 58.4 Å². The molecular weight excluding hydrogens is 352 g/mol. The Morgan fingerprint density at radius 3 is 2.80 bits per heavy atom. The van der Waals surface area contributed by atoms with E-state index in [1.54, 1.807) is 12.4 Å². The molecule has 0 aliphatic heterocycles. The summed E-state index contributed by atoms with van der Waals surface area (Å²) in [6.45, 7) is 0.121. The Labute approximate surface area is 147 Å². The number of hydrogen-bond acceptors (Lipinski definition) is 3. The van der Waals surface area contributed by atoms with Gasteiger partial charge in [0.2, 0.25) is 0 Å². The molecule has 0 bridgehead atoms. The highest BCUT2D eigenvalue weighted by Gasteiger charge is 2.16. The molecule has 0 saturated carbocycles. The molecule has 8 heteroatoms. The first-order valence-corrected chi connectivity index (χ1v) is 7.69. The summed E-state index contributed by atoms with van der Waals surface area (Å²) in [5.41, 5.74) is 2.22. The molecule has 5 nitrogen and oxygen atoms in total. The molecule has 0 spiro atoms. The second kappa shape index (κ2) is 6.68. The van der Waals surface area contributed by atoms with E-state index in [2.05, 4.69) is 10.3 Å². The van der Waals surface area contributed by atoms with Gasteiger partial charge in [0.1, 0.15) is 5.75 Å². The van der Waals surface area contributed by atoms with E-state index in [-0.39, 0.29) is 12.1 Å². The molecule has 3 rings (SSSR count). The van der Waals surface area contributed by atoms with E-state index in [1.807, 2.05) is 17.7 Å². The van der Waals surface area contributed by atoms with Crippen LogP contribution in [-0.4, -0.2) is 22.6 Å². The molecule has 1 N–H and O–H groups in total. The van der Waals surface area contributed by atoms with Crippen LogP contribution in [0.5, 0.6) is 5.75 Å². The number of aryl methyl sites for hydroxylation is 1. The van der Waals surface area contributed by atoms with Gasteiger partial charge in [-0.25, -0.2) is 13.8 Å². The number of hydrogen-bond donors (Lipinski definition) is 1. The van der Waals surface area contributed by atoms with E-state index in [0.717, 1.165) is 28.7 Å². The van der Waals surface area contributed by atoms with Crippen LogP contribution in [0.25, 0.3) is 11.0 Å². The summed E-state index contributed by atoms with van der Waals surface area (Å²) in [6, 6.07) is 5.45. The molecule has 0 aliphatic rings. The third-order valence-corrected chi connectivity index (χ3v) is 4.11. The predicted octanol–water partition coefficient (Wildman–Crippen LogP) is 3.44. The first kappa shape index (κ1) is 17.2. The summed E-state index contributed by atoms with van der Waals surface area (Å²) >= 11 is 5.59. The van der Waals surface area contributed by atoms with Gasteiger partial charge in [0.05, 0.1) is 29.5 Å². The molecule has 25 heavy (non-hydrogen) atoms. The summed E-state index contributed by atoms with van der Waals surface area (Å²) < 4.78 is 33.8. The minimum Gasteiger partial charge on any atom is -0.496 e. The molecule has 0 radical (unpaired) electrons. The molecule has 2 aromatic carbocycles. The number of nitrogens with zero attached hydrogens (tertiary/aromatic N) is 2. The molecule has 130 valence electrons. The number of ether oxygens (including phenoxy) is 1. The Hall–Kier alpha value is -2.67. The van der Waals surface area contributed by atoms with Gasteiger partial charge in [0.25, 0.3) is 5.91 Å². The Morgan fingerprint density at radius 2 is 2.12 bits per heavy atom. The number of fused-ring (bicyclic) bond motifs is 1. The van der Waals surface area contributed by atoms with Crippen molar-refractivity contribution in [1.82, 2.24) is 14.9 Å². The van der Waals surface area contributed by atoms with Crippen LogP contribution in [-0.2, 0) is 13.6 Å². The Kier molecular flexibility index (Phi) is 4.59. The number of methoxy groups -OCH3 is 1. The molecule has 0 saturated heterocycles. The lowest BCUT2D eigenvalue weighted by Gasteiger charge is -2.12. The van der Waals surface area contributed by atoms with Crippen molar-refractivity contribution in [2.75, 3.05) is 7.11 Å². The average molecular weight is 366 g/mol. The van der Waals surface area contributed by atoms with Crippen molar-refractivity contribution >= 4 is 28.5 Å². The maximum Gasteiger partial charge on any atom is 0.251 e. The van der Waals surface area contributed by atoms with Crippen molar-refractivity contribution < 1.29 is 18.3 Å². The number of amides is 1. The maximum atomic E-state index is 13.4. The van der Waals surface area contributed by atoms with E-state index in [9.17, 15) is 13.6 Å². The zero-order valence-corrected chi connectivity index (χ0v) is 14.2. The fourth-order valence-corrected chi connectivity index (χ4v) is 2.84. The number of carbonyl (C=O) groups is 1. The first-order chi connectivity index (χ1) is 11.9. The van der Waals surface area contributed by atoms with Gasteiger partial charge in [-0.1, -0.05) is 11.6 Å². The van der Waals surface area contributed by atoms with Gasteiger partial charge in [0.15, 0.2) is 11.6 Å². The third kappa shape index (κ3) is 3.15. The van der Waals surface area contributed by atoms with Gasteiger partial charge in [0, 0.05) is 24.7 Å². The quantitative estimate of drug-likeness (QED) is 0.720. The lowest BCUT2D eigenvalue weighted by atomic mass is 10.1. The first-order valence-electron chi connectivity index (χ1n) is 7.32. The van der Waals surface area contributed by atoms with Crippen LogP contribution < -0.4 is 10.1 Å². The van der Waals surface area contributed by atoms with Crippen LogP contribution in [0.4, 0.5) is 8.78 Å². The monoisotopic (exact) mass is 365 g/mol. The number of benzene rings is 2. The van der Waals surface area contributed by atoms with Crippen LogP contribution in [0.2, 0.25) is 5.02 Å². The van der Waals surface area contributed by atoms with Crippen molar-refractivity contribution in [2.24, 2.45) is 7.05 Å². The zero-order chi connectivity index (χ0) is 18.1. The van der Waals surface area contributed by atoms with Crippen LogP contribution in [0.15, 0.2) is 30.6 Å². The fraction of sp³-hybridized carbons (Fsp3) is 0.176. The van der Waals surface area contributed by atoms with E-state index >= 15 is 0 Å². The van der Waals surface area contributed by atoms with E-state index in [1.165, 1.54) is 7.11 Å². The largest absolute Gasteiger partial charge is 0.496 e. The molecule has 3 aromatic rings. The van der Waals surface area contributed by atoms with Gasteiger partial charge in [-0.05, 0) is 24.3 Å². The van der Waals surface area contributed by atoms with Gasteiger partial charge < -0.3 is 14.6 Å². The molecule has 1 heterocycles. The van der Waals surface area contributed by atoms with Gasteiger partial charge in [-0.15, -0.1) is 0 Å². The van der Waals surface area contributed by atoms with E-state index in [0.29, 0.717) is 5.75 Å². The third-order valence-electron chi connectivity index (χ3n) is 3.83. The highest BCUT2D eigenvalue weighted by Crippen LogP contribution is 2.27. The molecule has 1 amide bonds. The van der Waals surface area contributed by atoms with Gasteiger partial charge >= 0.3 is 0 Å². The molecule has 0 aliphatic carbocycles. The van der Waals surface area contributed by atoms with Crippen LogP contribution in [0.3, 0.4) is 0 Å². The van der Waals surface area contributed by atoms with Crippen molar-refractivity contribution in [3.8, 4) is 5.75 Å². The fourth-order valence-electron chi connectivity index (χ4n) is 2.63. The number of imidazole rings is 1. The normalized spacial score (nSPS) is 10.9. The second-order valence-corrected chi connectivity index (χ2v) is 5.81. The lowest BCUT2D eigenvalue weighted by molar-refractivity contribution is 0.0950. The lowest BCUT2D eigenvalue weighted by Crippen LogP contribution is -2.23. The SMILES string of the molecule is COc1ccc2ncn(C)c2c1CNC(=O)c1cc(F)c(F)c(Cl)c1. The van der Waals surface area contributed by atoms with Crippen LogP contribution in [0, 0.1) is 11.6 Å². The highest BCUT2D eigenvalue weighted by molar-refractivity contribution is 6.31. The number of nitrogens with one attached hydrogen (secondary N) is 1. The van der Waals surface area contributed by atoms with Crippen molar-refractivity contribution in [2.45, 2.75) is 6.54 Å². The molecule has 1 aromatic heterocycles. The van der Waals surface area contributed by atoms with Crippen LogP contribution >= 0.6 is 11.6 Å². The van der Waals surface area contributed by atoms with Crippen LogP contribution in [0.1, 0.15) is 15.9 Å². The maximum absolute atomic E-state index is 13.4. The molecule has 0 fully saturated rings. The number of carbonyl (C=O) groups excluding carboxylic acids is 1. The summed E-state index contributed by atoms with van der Waals surface area (Å²) in [4.78, 5) is 16.5. The summed E-state index contributed by atoms with van der Waals surface area (Å²) in [7, 11) is 3.35. The number of aromatic nitrogens is 2. The smallest absolute Gasteiger partial charge is 0.251 e. The van der Waals surface area contributed by atoms with E-state index in [4.69, 9.17) is 16.3 Å². The number of halogens is 3. The minimum atomic E-state index is -1.18. The average Bonchev–Trinajstić information content (AvgIpc) is 2.98. The zero-order valence-electron chi connectivity index (χ0n) is 13.4. The van der Waals surface area contributed by atoms with Gasteiger partial charge in [-0.3, -0.25) is 4.79 Å². The van der Waals surface area contributed by atoms with Crippen molar-refractivity contribution in [3.63, 3.8) is 0 Å². The Bertz CT molecular complexity index is 949. The van der Waals surface area contributed by atoms with Crippen molar-refractivity contribution in [1.29, 1.82) is 0 Å². The summed E-state index contributed by atoms with van der Waals surface area (Å²) in [5.74, 6) is -2.36. The Morgan fingerprint density at radius 1 is 1.36 bits per heavy atom. The number of rotatable bonds is 4. The predicted molar refractivity (Wildman–Crippen MR) is 89.8 cm³/mol. The van der Waals surface area contributed by atoms with E-state index < -0.39 is 22.6 Å². The molecule has 0 atom stereocenters. The Balaban J connectivity index is 1.90. The molecule has 0 unspecified atom stereocenters. The summed E-state index contributed by atoms with van der Waals surface area (Å²) in [5, 5.41) is 2.22. The minimum absolute atomic E-state index is 0.0694. The standard InChI is InChI=1S/C17H14ClF2N3O2/c1-23-8-22-13-3-4-14(25-2)10(16(13)23)7-21-17(24)9-5-11(18)15(20)12(19)6-9/h3-6,8H,7H2,1-2H3,(H,21,24). The van der Waals surface area contributed by atoms with Gasteiger partial charge in [-0.2, -0.15) is 0 Å². The summed E-state index contributed by atoms with van der Waals surface area (Å²) in [6.07, 6.45) is 1.66.